The van der Waals surface area contributed by atoms with E-state index in [2.05, 4.69) is 15.5 Å². The van der Waals surface area contributed by atoms with E-state index in [0.717, 1.165) is 5.39 Å². The van der Waals surface area contributed by atoms with Gasteiger partial charge in [-0.25, -0.2) is 0 Å². The van der Waals surface area contributed by atoms with Crippen molar-refractivity contribution in [3.63, 3.8) is 0 Å². The molecule has 0 spiro atoms. The van der Waals surface area contributed by atoms with Crippen LogP contribution < -0.4 is 5.32 Å². The molecule has 0 aliphatic heterocycles. The summed E-state index contributed by atoms with van der Waals surface area (Å²) in [6.45, 7) is 0. The summed E-state index contributed by atoms with van der Waals surface area (Å²) in [5.74, 6) is -0.612. The van der Waals surface area contributed by atoms with Gasteiger partial charge in [0.2, 0.25) is 0 Å². The minimum Gasteiger partial charge on any atom is -0.320 e. The molecule has 4 nitrogen and oxygen atoms in total. The number of aromatic nitrogens is 2. The number of halogens is 3. The topological polar surface area (TPSA) is 57.8 Å². The van der Waals surface area contributed by atoms with Crippen LogP contribution in [0.1, 0.15) is 10.4 Å². The van der Waals surface area contributed by atoms with Crippen molar-refractivity contribution < 1.29 is 18.0 Å². The van der Waals surface area contributed by atoms with Crippen LogP contribution in [0.2, 0.25) is 0 Å². The Morgan fingerprint density at radius 1 is 1.13 bits per heavy atom. The molecule has 0 radical (unpaired) electrons. The van der Waals surface area contributed by atoms with Crippen molar-refractivity contribution in [3.8, 4) is 0 Å². The number of hydrogen-bond donors (Lipinski definition) is 2. The molecule has 1 heterocycles. The lowest BCUT2D eigenvalue weighted by Crippen LogP contribution is -2.14. The zero-order chi connectivity index (χ0) is 16.4. The van der Waals surface area contributed by atoms with Gasteiger partial charge in [-0.2, -0.15) is 18.3 Å². The van der Waals surface area contributed by atoms with Gasteiger partial charge in [-0.05, 0) is 30.0 Å². The first-order valence-electron chi connectivity index (χ1n) is 6.52. The van der Waals surface area contributed by atoms with Gasteiger partial charge in [-0.15, -0.1) is 0 Å². The van der Waals surface area contributed by atoms with Gasteiger partial charge in [0.15, 0.2) is 0 Å². The lowest BCUT2D eigenvalue weighted by Gasteiger charge is -2.11. The molecular formula is C15H10F3N3OS. The summed E-state index contributed by atoms with van der Waals surface area (Å²) in [5.41, 5.74) is -3.43. The third kappa shape index (κ3) is 3.48. The van der Waals surface area contributed by atoms with Crippen LogP contribution in [0.5, 0.6) is 0 Å². The number of nitrogens with one attached hydrogen (secondary N) is 2. The van der Waals surface area contributed by atoms with Gasteiger partial charge < -0.3 is 5.32 Å². The fourth-order valence-corrected chi connectivity index (χ4v) is 2.80. The third-order valence-electron chi connectivity index (χ3n) is 3.08. The normalized spacial score (nSPS) is 11.6. The maximum atomic E-state index is 12.6. The molecule has 8 heteroatoms. The van der Waals surface area contributed by atoms with Crippen LogP contribution in [0.15, 0.2) is 53.6 Å². The number of carbonyl (C=O) groups is 1. The highest BCUT2D eigenvalue weighted by Gasteiger charge is 2.31. The molecule has 2 aromatic carbocycles. The van der Waals surface area contributed by atoms with Gasteiger partial charge >= 0.3 is 5.51 Å². The second-order valence-electron chi connectivity index (χ2n) is 4.64. The highest BCUT2D eigenvalue weighted by Crippen LogP contribution is 2.38. The zero-order valence-corrected chi connectivity index (χ0v) is 12.3. The largest absolute Gasteiger partial charge is 0.446 e. The predicted octanol–water partition coefficient (Wildman–Crippen LogP) is 4.43. The van der Waals surface area contributed by atoms with Crippen LogP contribution >= 0.6 is 11.8 Å². The summed E-state index contributed by atoms with van der Waals surface area (Å²) in [6.07, 6.45) is 1.60. The number of hydrogen-bond acceptors (Lipinski definition) is 3. The maximum absolute atomic E-state index is 12.6. The monoisotopic (exact) mass is 337 g/mol. The number of benzene rings is 2. The molecular weight excluding hydrogens is 327 g/mol. The molecule has 0 saturated carbocycles. The molecule has 1 amide bonds. The number of amides is 1. The first-order valence-corrected chi connectivity index (χ1v) is 7.34. The van der Waals surface area contributed by atoms with Gasteiger partial charge in [-0.3, -0.25) is 9.89 Å². The number of fused-ring (bicyclic) bond motifs is 1. The van der Waals surface area contributed by atoms with Crippen molar-refractivity contribution in [3.05, 3.63) is 54.2 Å². The van der Waals surface area contributed by atoms with E-state index in [1.54, 1.807) is 18.3 Å². The summed E-state index contributed by atoms with van der Waals surface area (Å²) in [6, 6.07) is 10.8. The standard InChI is InChI=1S/C15H10F3N3OS/c16-15(17,18)23-12-7-2-1-5-10(12)14(22)20-11-6-3-4-9-8-19-21-13(9)11/h1-8H,(H,19,21)(H,20,22). The molecule has 0 aliphatic rings. The molecule has 23 heavy (non-hydrogen) atoms. The lowest BCUT2D eigenvalue weighted by molar-refractivity contribution is -0.0328. The smallest absolute Gasteiger partial charge is 0.320 e. The Bertz CT molecular complexity index is 860. The number of carbonyl (C=O) groups excluding carboxylic acids is 1. The predicted molar refractivity (Wildman–Crippen MR) is 82.4 cm³/mol. The molecule has 0 aliphatic carbocycles. The van der Waals surface area contributed by atoms with Crippen molar-refractivity contribution in [2.75, 3.05) is 5.32 Å². The molecule has 3 rings (SSSR count). The Morgan fingerprint density at radius 3 is 2.70 bits per heavy atom. The van der Waals surface area contributed by atoms with Gasteiger partial charge in [0.25, 0.3) is 5.91 Å². The quantitative estimate of drug-likeness (QED) is 0.695. The minimum absolute atomic E-state index is 0.0358. The molecule has 2 N–H and O–H groups in total. The van der Waals surface area contributed by atoms with E-state index in [0.29, 0.717) is 11.2 Å². The van der Waals surface area contributed by atoms with Crippen LogP contribution in [-0.4, -0.2) is 21.6 Å². The van der Waals surface area contributed by atoms with E-state index >= 15 is 0 Å². The first-order chi connectivity index (χ1) is 10.9. The van der Waals surface area contributed by atoms with E-state index in [1.807, 2.05) is 6.07 Å². The van der Waals surface area contributed by atoms with Crippen LogP contribution in [0, 0.1) is 0 Å². The Kier molecular flexibility index (Phi) is 3.99. The molecule has 0 atom stereocenters. The molecule has 118 valence electrons. The van der Waals surface area contributed by atoms with Gasteiger partial charge in [0.05, 0.1) is 23.0 Å². The number of nitrogens with zero attached hydrogens (tertiary/aromatic N) is 1. The van der Waals surface area contributed by atoms with Crippen LogP contribution in [0.3, 0.4) is 0 Å². The Morgan fingerprint density at radius 2 is 1.91 bits per heavy atom. The van der Waals surface area contributed by atoms with Gasteiger partial charge in [-0.1, -0.05) is 24.3 Å². The fourth-order valence-electron chi connectivity index (χ4n) is 2.13. The summed E-state index contributed by atoms with van der Waals surface area (Å²) in [7, 11) is 0. The number of alkyl halides is 3. The summed E-state index contributed by atoms with van der Waals surface area (Å²) < 4.78 is 37.8. The maximum Gasteiger partial charge on any atom is 0.446 e. The third-order valence-corrected chi connectivity index (χ3v) is 3.89. The Hall–Kier alpha value is -2.48. The highest BCUT2D eigenvalue weighted by atomic mass is 32.2. The number of anilines is 1. The van der Waals surface area contributed by atoms with Crippen LogP contribution in [0.25, 0.3) is 10.9 Å². The van der Waals surface area contributed by atoms with Crippen molar-refractivity contribution in [2.45, 2.75) is 10.4 Å². The van der Waals surface area contributed by atoms with Gasteiger partial charge in [0, 0.05) is 10.3 Å². The summed E-state index contributed by atoms with van der Waals surface area (Å²) >= 11 is -0.309. The zero-order valence-electron chi connectivity index (χ0n) is 11.5. The second kappa shape index (κ2) is 5.96. The van der Waals surface area contributed by atoms with E-state index < -0.39 is 11.4 Å². The molecule has 0 saturated heterocycles. The van der Waals surface area contributed by atoms with Crippen molar-refractivity contribution in [1.29, 1.82) is 0 Å². The van der Waals surface area contributed by atoms with E-state index in [9.17, 15) is 18.0 Å². The van der Waals surface area contributed by atoms with Crippen LogP contribution in [-0.2, 0) is 0 Å². The molecule has 0 fully saturated rings. The van der Waals surface area contributed by atoms with Crippen LogP contribution in [0.4, 0.5) is 18.9 Å². The molecule has 0 unspecified atom stereocenters. The molecule has 3 aromatic rings. The van der Waals surface area contributed by atoms with E-state index in [1.165, 1.54) is 24.3 Å². The van der Waals surface area contributed by atoms with Crippen molar-refractivity contribution in [1.82, 2.24) is 10.2 Å². The number of rotatable bonds is 3. The van der Waals surface area contributed by atoms with E-state index in [4.69, 9.17) is 0 Å². The number of aromatic amines is 1. The highest BCUT2D eigenvalue weighted by molar-refractivity contribution is 8.00. The summed E-state index contributed by atoms with van der Waals surface area (Å²) in [4.78, 5) is 12.2. The average molecular weight is 337 g/mol. The minimum atomic E-state index is -4.46. The second-order valence-corrected chi connectivity index (χ2v) is 5.74. The number of thioether (sulfide) groups is 1. The lowest BCUT2D eigenvalue weighted by atomic mass is 10.2. The van der Waals surface area contributed by atoms with Crippen molar-refractivity contribution in [2.24, 2.45) is 0 Å². The fraction of sp³-hybridized carbons (Fsp3) is 0.0667. The average Bonchev–Trinajstić information content (AvgIpc) is 2.95. The Balaban J connectivity index is 1.91. The Labute approximate surface area is 133 Å². The SMILES string of the molecule is O=C(Nc1cccc2cn[nH]c12)c1ccccc1SC(F)(F)F. The number of H-pyrrole nitrogens is 1. The molecule has 1 aromatic heterocycles. The van der Waals surface area contributed by atoms with Gasteiger partial charge in [0.1, 0.15) is 0 Å². The van der Waals surface area contributed by atoms with Crippen molar-refractivity contribution >= 4 is 34.3 Å². The number of para-hydroxylation sites is 1. The van der Waals surface area contributed by atoms with E-state index in [-0.39, 0.29) is 22.2 Å². The first kappa shape index (κ1) is 15.4. The summed E-state index contributed by atoms with van der Waals surface area (Å²) in [5, 5.41) is 10.0. The molecule has 0 bridgehead atoms.